The van der Waals surface area contributed by atoms with Gasteiger partial charge in [-0.1, -0.05) is 19.8 Å². The number of nitrogens with zero attached hydrogens (tertiary/aromatic N) is 1. The van der Waals surface area contributed by atoms with Crippen LogP contribution in [0.4, 0.5) is 0 Å². The Bertz CT molecular complexity index is 375. The van der Waals surface area contributed by atoms with E-state index < -0.39 is 9.84 Å². The van der Waals surface area contributed by atoms with Gasteiger partial charge >= 0.3 is 0 Å². The van der Waals surface area contributed by atoms with Crippen LogP contribution in [-0.4, -0.2) is 56.5 Å². The fourth-order valence-electron chi connectivity index (χ4n) is 3.48. The third kappa shape index (κ3) is 4.43. The lowest BCUT2D eigenvalue weighted by Gasteiger charge is -2.33. The molecule has 112 valence electrons. The van der Waals surface area contributed by atoms with Crippen molar-refractivity contribution in [2.75, 3.05) is 37.7 Å². The van der Waals surface area contributed by atoms with Crippen molar-refractivity contribution in [3.05, 3.63) is 0 Å². The fraction of sp³-hybridized carbons (Fsp3) is 1.00. The molecule has 1 saturated heterocycles. The lowest BCUT2D eigenvalue weighted by molar-refractivity contribution is 0.219. The predicted molar refractivity (Wildman–Crippen MR) is 79.2 cm³/mol. The number of rotatable bonds is 5. The maximum Gasteiger partial charge on any atom is 0.151 e. The topological polar surface area (TPSA) is 49.4 Å². The van der Waals surface area contributed by atoms with E-state index in [1.54, 1.807) is 0 Å². The van der Waals surface area contributed by atoms with Gasteiger partial charge in [-0.2, -0.15) is 0 Å². The highest BCUT2D eigenvalue weighted by Gasteiger charge is 2.36. The van der Waals surface area contributed by atoms with E-state index in [0.29, 0.717) is 18.1 Å². The second-order valence-electron chi connectivity index (χ2n) is 6.20. The molecule has 19 heavy (non-hydrogen) atoms. The molecule has 1 spiro atoms. The smallest absolute Gasteiger partial charge is 0.151 e. The number of hydrogen-bond donors (Lipinski definition) is 1. The van der Waals surface area contributed by atoms with Crippen LogP contribution >= 0.6 is 0 Å². The third-order valence-corrected chi connectivity index (χ3v) is 6.31. The highest BCUT2D eigenvalue weighted by Crippen LogP contribution is 2.31. The summed E-state index contributed by atoms with van der Waals surface area (Å²) in [7, 11) is -2.84. The molecular formula is C14H28N2O2S. The summed E-state index contributed by atoms with van der Waals surface area (Å²) >= 11 is 0. The average Bonchev–Trinajstić information content (AvgIpc) is 2.69. The highest BCUT2D eigenvalue weighted by atomic mass is 32.2. The lowest BCUT2D eigenvalue weighted by atomic mass is 9.97. The van der Waals surface area contributed by atoms with Gasteiger partial charge in [-0.05, 0) is 38.8 Å². The van der Waals surface area contributed by atoms with Crippen molar-refractivity contribution in [2.45, 2.75) is 51.0 Å². The van der Waals surface area contributed by atoms with Crippen molar-refractivity contribution >= 4 is 9.84 Å². The van der Waals surface area contributed by atoms with Crippen LogP contribution in [0.25, 0.3) is 0 Å². The van der Waals surface area contributed by atoms with Crippen molar-refractivity contribution in [3.8, 4) is 0 Å². The van der Waals surface area contributed by atoms with Gasteiger partial charge in [0, 0.05) is 24.4 Å². The Morgan fingerprint density at radius 2 is 1.89 bits per heavy atom. The Balaban J connectivity index is 1.88. The first-order chi connectivity index (χ1) is 9.05. The molecule has 0 aromatic carbocycles. The van der Waals surface area contributed by atoms with Gasteiger partial charge in [-0.3, -0.25) is 0 Å². The van der Waals surface area contributed by atoms with Crippen molar-refractivity contribution < 1.29 is 8.42 Å². The summed E-state index contributed by atoms with van der Waals surface area (Å²) in [5.41, 5.74) is 0.283. The first kappa shape index (κ1) is 15.3. The molecule has 0 radical (unpaired) electrons. The summed E-state index contributed by atoms with van der Waals surface area (Å²) < 4.78 is 23.7. The predicted octanol–water partition coefficient (Wildman–Crippen LogP) is 1.42. The minimum absolute atomic E-state index is 0.283. The van der Waals surface area contributed by atoms with Crippen LogP contribution in [0.3, 0.4) is 0 Å². The highest BCUT2D eigenvalue weighted by molar-refractivity contribution is 7.91. The molecule has 0 bridgehead atoms. The molecule has 0 aromatic heterocycles. The van der Waals surface area contributed by atoms with E-state index in [0.717, 1.165) is 32.5 Å². The van der Waals surface area contributed by atoms with Crippen LogP contribution in [0, 0.1) is 0 Å². The van der Waals surface area contributed by atoms with Crippen molar-refractivity contribution in [1.82, 2.24) is 10.2 Å². The maximum absolute atomic E-state index is 11.8. The molecule has 0 atom stereocenters. The van der Waals surface area contributed by atoms with E-state index in [2.05, 4.69) is 10.2 Å². The minimum Gasteiger partial charge on any atom is -0.310 e. The van der Waals surface area contributed by atoms with Crippen molar-refractivity contribution in [3.63, 3.8) is 0 Å². The summed E-state index contributed by atoms with van der Waals surface area (Å²) in [6.45, 7) is 5.80. The van der Waals surface area contributed by atoms with Crippen LogP contribution in [0.2, 0.25) is 0 Å². The molecule has 2 fully saturated rings. The Morgan fingerprint density at radius 1 is 1.16 bits per heavy atom. The molecule has 1 aliphatic heterocycles. The summed E-state index contributed by atoms with van der Waals surface area (Å²) in [6, 6.07) is 0. The van der Waals surface area contributed by atoms with Gasteiger partial charge in [0.15, 0.2) is 9.84 Å². The van der Waals surface area contributed by atoms with Gasteiger partial charge in [-0.25, -0.2) is 8.42 Å². The van der Waals surface area contributed by atoms with Crippen molar-refractivity contribution in [1.29, 1.82) is 0 Å². The van der Waals surface area contributed by atoms with Gasteiger partial charge < -0.3 is 10.2 Å². The molecule has 2 rings (SSSR count). The molecule has 1 heterocycles. The second-order valence-corrected chi connectivity index (χ2v) is 8.50. The van der Waals surface area contributed by atoms with Gasteiger partial charge in [0.25, 0.3) is 0 Å². The monoisotopic (exact) mass is 288 g/mol. The number of sulfone groups is 1. The van der Waals surface area contributed by atoms with E-state index in [4.69, 9.17) is 0 Å². The van der Waals surface area contributed by atoms with Crippen LogP contribution in [0.1, 0.15) is 45.4 Å². The van der Waals surface area contributed by atoms with Gasteiger partial charge in [0.05, 0.1) is 5.75 Å². The standard InChI is InChI=1S/C14H28N2O2S/c1-2-11-19(17,18)12-10-16-9-5-8-15-14(13-16)6-3-4-7-14/h15H,2-13H2,1H3. The van der Waals surface area contributed by atoms with Crippen LogP contribution in [0.5, 0.6) is 0 Å². The van der Waals surface area contributed by atoms with Crippen molar-refractivity contribution in [2.24, 2.45) is 0 Å². The molecule has 2 aliphatic rings. The van der Waals surface area contributed by atoms with Gasteiger partial charge in [0.1, 0.15) is 0 Å². The third-order valence-electron chi connectivity index (χ3n) is 4.47. The zero-order valence-electron chi connectivity index (χ0n) is 12.2. The molecule has 0 amide bonds. The Morgan fingerprint density at radius 3 is 2.58 bits per heavy atom. The summed E-state index contributed by atoms with van der Waals surface area (Å²) in [6.07, 6.45) is 7.00. The van der Waals surface area contributed by atoms with Gasteiger partial charge in [0.2, 0.25) is 0 Å². The largest absolute Gasteiger partial charge is 0.310 e. The zero-order valence-corrected chi connectivity index (χ0v) is 13.0. The Labute approximate surface area is 117 Å². The quantitative estimate of drug-likeness (QED) is 0.831. The molecule has 1 N–H and O–H groups in total. The second kappa shape index (κ2) is 6.55. The van der Waals surface area contributed by atoms with Crippen LogP contribution in [-0.2, 0) is 9.84 Å². The summed E-state index contributed by atoms with van der Waals surface area (Å²) in [4.78, 5) is 2.37. The zero-order chi connectivity index (χ0) is 13.8. The molecular weight excluding hydrogens is 260 g/mol. The van der Waals surface area contributed by atoms with E-state index in [1.165, 1.54) is 25.7 Å². The molecule has 4 nitrogen and oxygen atoms in total. The summed E-state index contributed by atoms with van der Waals surface area (Å²) in [5.74, 6) is 0.668. The number of nitrogens with one attached hydrogen (secondary N) is 1. The number of hydrogen-bond acceptors (Lipinski definition) is 4. The van der Waals surface area contributed by atoms with Crippen LogP contribution < -0.4 is 5.32 Å². The SMILES string of the molecule is CCCS(=O)(=O)CCN1CCCNC2(CCCC2)C1. The lowest BCUT2D eigenvalue weighted by Crippen LogP contribution is -2.50. The molecule has 0 aromatic rings. The normalized spacial score (nSPS) is 24.7. The Kier molecular flexibility index (Phi) is 5.26. The Hall–Kier alpha value is -0.130. The minimum atomic E-state index is -2.84. The first-order valence-corrected chi connectivity index (χ1v) is 9.55. The maximum atomic E-state index is 11.8. The van der Waals surface area contributed by atoms with E-state index in [-0.39, 0.29) is 5.54 Å². The molecule has 5 heteroatoms. The average molecular weight is 288 g/mol. The summed E-state index contributed by atoms with van der Waals surface area (Å²) in [5, 5.41) is 3.72. The van der Waals surface area contributed by atoms with E-state index >= 15 is 0 Å². The first-order valence-electron chi connectivity index (χ1n) is 7.73. The van der Waals surface area contributed by atoms with Crippen LogP contribution in [0.15, 0.2) is 0 Å². The molecule has 1 aliphatic carbocycles. The molecule has 0 unspecified atom stereocenters. The molecule has 1 saturated carbocycles. The van der Waals surface area contributed by atoms with Gasteiger partial charge in [-0.15, -0.1) is 0 Å². The van der Waals surface area contributed by atoms with E-state index in [1.807, 2.05) is 6.92 Å². The fourth-order valence-corrected chi connectivity index (χ4v) is 4.84. The van der Waals surface area contributed by atoms with E-state index in [9.17, 15) is 8.42 Å².